The molecule has 0 aliphatic heterocycles. The van der Waals surface area contributed by atoms with Crippen LogP contribution < -0.4 is 17.2 Å². The molecule has 1 unspecified atom stereocenters. The molecule has 2 rings (SSSR count). The Morgan fingerprint density at radius 2 is 0.906 bits per heavy atom. The van der Waals surface area contributed by atoms with E-state index >= 15 is 0 Å². The van der Waals surface area contributed by atoms with Crippen molar-refractivity contribution < 1.29 is 71.8 Å². The summed E-state index contributed by atoms with van der Waals surface area (Å²) >= 11 is 0. The van der Waals surface area contributed by atoms with E-state index in [9.17, 15) is 71.8 Å². The first-order chi connectivity index (χ1) is 13.7. The zero-order valence-corrected chi connectivity index (χ0v) is 20.3. The first kappa shape index (κ1) is 28.9. The molecule has 0 amide bonds. The standard InChI is InChI=1S/C9H24N3O15P5/c10-7(29(16,17)18,9(11,12)32(25,26)27)8(30(19,20)21,31(22,23)24)5(1-2-5)6(3-4-6)28(13,14)15/h1-4,10-12H2,(H2,13,14,15)(H2,16,17,18)(H2,19,20,21)(H2,22,23,24)(H2,25,26,27). The summed E-state index contributed by atoms with van der Waals surface area (Å²) in [6.45, 7) is 0. The molecule has 0 aromatic heterocycles. The lowest BCUT2D eigenvalue weighted by Crippen LogP contribution is -2.81. The Hall–Kier alpha value is 0.630. The molecule has 0 heterocycles. The second-order valence-electron chi connectivity index (χ2n) is 8.10. The number of hydrogen-bond donors (Lipinski definition) is 13. The molecule has 0 saturated heterocycles. The molecule has 0 spiro atoms. The second kappa shape index (κ2) is 7.10. The average molecular weight is 569 g/mol. The molecule has 0 aromatic rings. The van der Waals surface area contributed by atoms with Gasteiger partial charge in [-0.1, -0.05) is 0 Å². The Balaban J connectivity index is 3.29. The second-order valence-corrected chi connectivity index (χ2v) is 17.5. The monoisotopic (exact) mass is 569 g/mol. The van der Waals surface area contributed by atoms with Gasteiger partial charge in [-0.05, 0) is 25.7 Å². The molecular weight excluding hydrogens is 545 g/mol. The minimum absolute atomic E-state index is 0.617. The van der Waals surface area contributed by atoms with E-state index in [1.165, 1.54) is 0 Å². The molecule has 1 atom stereocenters. The van der Waals surface area contributed by atoms with Crippen LogP contribution in [0.2, 0.25) is 0 Å². The maximum Gasteiger partial charge on any atom is 0.362 e. The number of nitrogens with two attached hydrogens (primary N) is 3. The van der Waals surface area contributed by atoms with Gasteiger partial charge >= 0.3 is 38.0 Å². The molecule has 32 heavy (non-hydrogen) atoms. The van der Waals surface area contributed by atoms with E-state index in [0.29, 0.717) is 0 Å². The smallest absolute Gasteiger partial charge is 0.324 e. The summed E-state index contributed by atoms with van der Waals surface area (Å²) in [6.07, 6.45) is -2.95. The van der Waals surface area contributed by atoms with E-state index < -0.39 is 89.8 Å². The number of rotatable bonds is 9. The Morgan fingerprint density at radius 3 is 1.06 bits per heavy atom. The fourth-order valence-corrected chi connectivity index (χ4v) is 15.5. The van der Waals surface area contributed by atoms with Gasteiger partial charge in [0.1, 0.15) is 0 Å². The molecule has 18 nitrogen and oxygen atoms in total. The van der Waals surface area contributed by atoms with E-state index in [4.69, 9.17) is 17.2 Å². The SMILES string of the molecule is NC(N)(C(N)(C(C1(C2(P(=O)(O)O)CC2)CC1)(P(=O)(O)O)P(=O)(O)O)P(=O)(O)O)P(=O)(O)O. The van der Waals surface area contributed by atoms with Crippen LogP contribution in [-0.4, -0.2) is 69.7 Å². The van der Waals surface area contributed by atoms with Crippen molar-refractivity contribution in [1.29, 1.82) is 0 Å². The van der Waals surface area contributed by atoms with E-state index in [0.717, 1.165) is 0 Å². The van der Waals surface area contributed by atoms with Crippen LogP contribution in [0, 0.1) is 5.41 Å². The highest BCUT2D eigenvalue weighted by molar-refractivity contribution is 7.75. The first-order valence-corrected chi connectivity index (χ1v) is 16.4. The molecule has 2 aliphatic carbocycles. The van der Waals surface area contributed by atoms with Crippen molar-refractivity contribution in [3.8, 4) is 0 Å². The summed E-state index contributed by atoms with van der Waals surface area (Å²) in [4.78, 5) is 94.9. The molecule has 16 N–H and O–H groups in total. The Labute approximate surface area is 179 Å². The van der Waals surface area contributed by atoms with Crippen molar-refractivity contribution in [2.24, 2.45) is 22.6 Å². The van der Waals surface area contributed by atoms with Gasteiger partial charge in [0, 0.05) is 5.41 Å². The quantitative estimate of drug-likeness (QED) is 0.0978. The van der Waals surface area contributed by atoms with Crippen LogP contribution in [0.15, 0.2) is 0 Å². The summed E-state index contributed by atoms with van der Waals surface area (Å²) in [5, 5.41) is -11.9. The van der Waals surface area contributed by atoms with Crippen LogP contribution in [0.3, 0.4) is 0 Å². The van der Waals surface area contributed by atoms with Gasteiger partial charge in [0.2, 0.25) is 4.90 Å². The zero-order valence-electron chi connectivity index (χ0n) is 15.8. The summed E-state index contributed by atoms with van der Waals surface area (Å²) in [7, 11) is -32.3. The maximum atomic E-state index is 12.8. The van der Waals surface area contributed by atoms with E-state index in [1.54, 1.807) is 0 Å². The van der Waals surface area contributed by atoms with Crippen molar-refractivity contribution in [2.75, 3.05) is 0 Å². The van der Waals surface area contributed by atoms with Gasteiger partial charge in [0.05, 0.1) is 5.16 Å². The van der Waals surface area contributed by atoms with Gasteiger partial charge < -0.3 is 66.1 Å². The molecule has 0 bridgehead atoms. The van der Waals surface area contributed by atoms with Crippen LogP contribution in [0.1, 0.15) is 25.7 Å². The largest absolute Gasteiger partial charge is 0.362 e. The van der Waals surface area contributed by atoms with Crippen molar-refractivity contribution in [2.45, 2.75) is 46.4 Å². The van der Waals surface area contributed by atoms with Crippen LogP contribution >= 0.6 is 38.0 Å². The molecule has 2 saturated carbocycles. The highest BCUT2D eigenvalue weighted by atomic mass is 31.2. The van der Waals surface area contributed by atoms with Crippen molar-refractivity contribution in [1.82, 2.24) is 0 Å². The summed E-state index contributed by atoms with van der Waals surface area (Å²) in [5.74, 6) is 0. The van der Waals surface area contributed by atoms with Crippen molar-refractivity contribution >= 4 is 38.0 Å². The Kier molecular flexibility index (Phi) is 6.41. The molecule has 2 aliphatic rings. The summed E-state index contributed by atoms with van der Waals surface area (Å²) < 4.78 is 62.5. The van der Waals surface area contributed by atoms with Crippen LogP contribution in [0.4, 0.5) is 0 Å². The van der Waals surface area contributed by atoms with Gasteiger partial charge in [0.15, 0.2) is 10.7 Å². The van der Waals surface area contributed by atoms with E-state index in [-0.39, 0.29) is 0 Å². The Bertz CT molecular complexity index is 1030. The average Bonchev–Trinajstić information content (AvgIpc) is 3.34. The van der Waals surface area contributed by atoms with Crippen LogP contribution in [0.25, 0.3) is 0 Å². The van der Waals surface area contributed by atoms with E-state index in [2.05, 4.69) is 0 Å². The molecule has 23 heteroatoms. The zero-order chi connectivity index (χ0) is 25.8. The van der Waals surface area contributed by atoms with E-state index in [1.807, 2.05) is 0 Å². The molecule has 0 radical (unpaired) electrons. The molecule has 190 valence electrons. The lowest BCUT2D eigenvalue weighted by molar-refractivity contribution is 0.144. The Morgan fingerprint density at radius 1 is 0.562 bits per heavy atom. The minimum atomic E-state index is -6.82. The van der Waals surface area contributed by atoms with Crippen molar-refractivity contribution in [3.63, 3.8) is 0 Å². The lowest BCUT2D eigenvalue weighted by atomic mass is 9.87. The van der Waals surface area contributed by atoms with Crippen molar-refractivity contribution in [3.05, 3.63) is 0 Å². The highest BCUT2D eigenvalue weighted by Gasteiger charge is 2.96. The summed E-state index contributed by atoms with van der Waals surface area (Å²) in [6, 6.07) is 0. The predicted molar refractivity (Wildman–Crippen MR) is 105 cm³/mol. The first-order valence-electron chi connectivity index (χ1n) is 8.31. The molecule has 2 fully saturated rings. The number of hydrogen-bond acceptors (Lipinski definition) is 8. The minimum Gasteiger partial charge on any atom is -0.324 e. The summed E-state index contributed by atoms with van der Waals surface area (Å²) in [5.41, 5.74) is 13.0. The van der Waals surface area contributed by atoms with Gasteiger partial charge in [-0.2, -0.15) is 0 Å². The van der Waals surface area contributed by atoms with Crippen LogP contribution in [0.5, 0.6) is 0 Å². The van der Waals surface area contributed by atoms with Gasteiger partial charge in [-0.15, -0.1) is 0 Å². The third-order valence-electron chi connectivity index (χ3n) is 6.52. The normalized spacial score (nSPS) is 24.0. The topological polar surface area (TPSA) is 366 Å². The third kappa shape index (κ3) is 3.20. The molecular formula is C9H24N3O15P5. The fraction of sp³-hybridized carbons (Fsp3) is 1.00. The van der Waals surface area contributed by atoms with Gasteiger partial charge in [-0.3, -0.25) is 22.8 Å². The predicted octanol–water partition coefficient (Wildman–Crippen LogP) is -2.89. The maximum absolute atomic E-state index is 12.8. The molecule has 0 aromatic carbocycles. The van der Waals surface area contributed by atoms with Gasteiger partial charge in [0.25, 0.3) is 0 Å². The van der Waals surface area contributed by atoms with Crippen LogP contribution in [-0.2, 0) is 22.8 Å². The lowest BCUT2D eigenvalue weighted by Gasteiger charge is -2.57. The fourth-order valence-electron chi connectivity index (χ4n) is 4.90. The third-order valence-corrected chi connectivity index (χ3v) is 16.8. The van der Waals surface area contributed by atoms with Gasteiger partial charge in [-0.25, -0.2) is 0 Å². The highest BCUT2D eigenvalue weighted by Crippen LogP contribution is 2.96.